The van der Waals surface area contributed by atoms with E-state index in [1.807, 2.05) is 0 Å². The summed E-state index contributed by atoms with van der Waals surface area (Å²) in [6.45, 7) is 12.5. The van der Waals surface area contributed by atoms with E-state index in [0.29, 0.717) is 12.0 Å². The third-order valence-corrected chi connectivity index (χ3v) is 4.29. The molecule has 1 aliphatic heterocycles. The van der Waals surface area contributed by atoms with Crippen molar-refractivity contribution in [2.75, 3.05) is 18.0 Å². The van der Waals surface area contributed by atoms with Gasteiger partial charge in [-0.05, 0) is 55.8 Å². The Balaban J connectivity index is 1.91. The molecule has 2 atom stereocenters. The second-order valence-electron chi connectivity index (χ2n) is 6.86. The normalized spacial score (nSPS) is 23.4. The summed E-state index contributed by atoms with van der Waals surface area (Å²) >= 11 is 0. The van der Waals surface area contributed by atoms with E-state index in [1.165, 1.54) is 30.6 Å². The molecule has 1 N–H and O–H groups in total. The van der Waals surface area contributed by atoms with Gasteiger partial charge in [0.1, 0.15) is 0 Å². The zero-order valence-corrected chi connectivity index (χ0v) is 13.5. The third-order valence-electron chi connectivity index (χ3n) is 4.29. The lowest BCUT2D eigenvalue weighted by molar-refractivity contribution is 0.378. The van der Waals surface area contributed by atoms with E-state index in [-0.39, 0.29) is 0 Å². The molecule has 0 spiro atoms. The lowest BCUT2D eigenvalue weighted by Gasteiger charge is -2.38. The average Bonchev–Trinajstić information content (AvgIpc) is 2.39. The number of rotatable bonds is 5. The van der Waals surface area contributed by atoms with Gasteiger partial charge in [0.15, 0.2) is 0 Å². The molecule has 0 aliphatic carbocycles. The van der Waals surface area contributed by atoms with Gasteiger partial charge in [0.25, 0.3) is 0 Å². The molecular formula is C18H30N2. The van der Waals surface area contributed by atoms with Crippen LogP contribution in [0.2, 0.25) is 0 Å². The monoisotopic (exact) mass is 274 g/mol. The predicted octanol–water partition coefficient (Wildman–Crippen LogP) is 4.06. The molecular weight excluding hydrogens is 244 g/mol. The van der Waals surface area contributed by atoms with E-state index in [0.717, 1.165) is 19.0 Å². The van der Waals surface area contributed by atoms with E-state index < -0.39 is 0 Å². The van der Waals surface area contributed by atoms with Crippen LogP contribution >= 0.6 is 0 Å². The molecule has 2 unspecified atom stereocenters. The quantitative estimate of drug-likeness (QED) is 0.871. The first kappa shape index (κ1) is 15.4. The number of hydrogen-bond acceptors (Lipinski definition) is 2. The van der Waals surface area contributed by atoms with Crippen molar-refractivity contribution >= 4 is 5.69 Å². The molecule has 1 fully saturated rings. The molecule has 2 nitrogen and oxygen atoms in total. The van der Waals surface area contributed by atoms with Crippen LogP contribution in [0.5, 0.6) is 0 Å². The molecule has 0 bridgehead atoms. The topological polar surface area (TPSA) is 15.3 Å². The lowest BCUT2D eigenvalue weighted by atomic mass is 9.93. The smallest absolute Gasteiger partial charge is 0.0368 e. The average molecular weight is 274 g/mol. The van der Waals surface area contributed by atoms with Gasteiger partial charge in [-0.15, -0.1) is 0 Å². The summed E-state index contributed by atoms with van der Waals surface area (Å²) < 4.78 is 0. The Kier molecular flexibility index (Phi) is 5.47. The SMILES string of the molecule is CC(C)CNCc1ccc(N2CCC(C)CC2C)cc1. The highest BCUT2D eigenvalue weighted by Gasteiger charge is 2.22. The predicted molar refractivity (Wildman–Crippen MR) is 88.2 cm³/mol. The second kappa shape index (κ2) is 7.12. The van der Waals surface area contributed by atoms with Gasteiger partial charge >= 0.3 is 0 Å². The zero-order chi connectivity index (χ0) is 14.5. The Morgan fingerprint density at radius 1 is 1.20 bits per heavy atom. The summed E-state index contributed by atoms with van der Waals surface area (Å²) in [4.78, 5) is 2.56. The third kappa shape index (κ3) is 4.24. The highest BCUT2D eigenvalue weighted by molar-refractivity contribution is 5.48. The molecule has 1 aromatic carbocycles. The van der Waals surface area contributed by atoms with Crippen LogP contribution in [0.25, 0.3) is 0 Å². The van der Waals surface area contributed by atoms with Crippen molar-refractivity contribution in [3.8, 4) is 0 Å². The molecule has 1 saturated heterocycles. The minimum Gasteiger partial charge on any atom is -0.369 e. The molecule has 0 saturated carbocycles. The van der Waals surface area contributed by atoms with Crippen molar-refractivity contribution in [2.24, 2.45) is 11.8 Å². The fraction of sp³-hybridized carbons (Fsp3) is 0.667. The van der Waals surface area contributed by atoms with Crippen LogP contribution < -0.4 is 10.2 Å². The van der Waals surface area contributed by atoms with Crippen LogP contribution in [0.15, 0.2) is 24.3 Å². The van der Waals surface area contributed by atoms with E-state index in [2.05, 4.69) is 62.2 Å². The van der Waals surface area contributed by atoms with Crippen LogP contribution in [-0.2, 0) is 6.54 Å². The molecule has 0 amide bonds. The maximum absolute atomic E-state index is 3.50. The number of nitrogens with zero attached hydrogens (tertiary/aromatic N) is 1. The summed E-state index contributed by atoms with van der Waals surface area (Å²) in [6, 6.07) is 9.79. The van der Waals surface area contributed by atoms with Crippen LogP contribution in [0, 0.1) is 11.8 Å². The molecule has 1 heterocycles. The maximum Gasteiger partial charge on any atom is 0.0368 e. The molecule has 2 heteroatoms. The summed E-state index contributed by atoms with van der Waals surface area (Å²) in [6.07, 6.45) is 2.64. The van der Waals surface area contributed by atoms with Crippen LogP contribution in [0.4, 0.5) is 5.69 Å². The maximum atomic E-state index is 3.50. The Hall–Kier alpha value is -1.02. The highest BCUT2D eigenvalue weighted by atomic mass is 15.2. The Morgan fingerprint density at radius 2 is 1.90 bits per heavy atom. The van der Waals surface area contributed by atoms with Gasteiger partial charge in [-0.3, -0.25) is 0 Å². The zero-order valence-electron chi connectivity index (χ0n) is 13.5. The van der Waals surface area contributed by atoms with Crippen molar-refractivity contribution in [1.82, 2.24) is 5.32 Å². The molecule has 0 radical (unpaired) electrons. The number of anilines is 1. The molecule has 1 aromatic rings. The van der Waals surface area contributed by atoms with Crippen molar-refractivity contribution in [2.45, 2.75) is 53.1 Å². The van der Waals surface area contributed by atoms with Gasteiger partial charge in [0.2, 0.25) is 0 Å². The number of benzene rings is 1. The minimum absolute atomic E-state index is 0.670. The second-order valence-corrected chi connectivity index (χ2v) is 6.86. The van der Waals surface area contributed by atoms with Gasteiger partial charge in [-0.25, -0.2) is 0 Å². The fourth-order valence-corrected chi connectivity index (χ4v) is 3.10. The Labute approximate surface area is 124 Å². The lowest BCUT2D eigenvalue weighted by Crippen LogP contribution is -2.40. The van der Waals surface area contributed by atoms with Crippen molar-refractivity contribution in [3.63, 3.8) is 0 Å². The number of hydrogen-bond donors (Lipinski definition) is 1. The molecule has 20 heavy (non-hydrogen) atoms. The molecule has 0 aromatic heterocycles. The summed E-state index contributed by atoms with van der Waals surface area (Å²) in [7, 11) is 0. The van der Waals surface area contributed by atoms with E-state index >= 15 is 0 Å². The van der Waals surface area contributed by atoms with Crippen LogP contribution in [0.3, 0.4) is 0 Å². The van der Waals surface area contributed by atoms with Gasteiger partial charge in [0.05, 0.1) is 0 Å². The standard InChI is InChI=1S/C18H30N2/c1-14(2)12-19-13-17-5-7-18(8-6-17)20-10-9-15(3)11-16(20)4/h5-8,14-16,19H,9-13H2,1-4H3. The molecule has 112 valence electrons. The summed E-state index contributed by atoms with van der Waals surface area (Å²) in [5, 5.41) is 3.50. The first-order chi connectivity index (χ1) is 9.56. The van der Waals surface area contributed by atoms with Gasteiger partial charge < -0.3 is 10.2 Å². The number of piperidine rings is 1. The Bertz CT molecular complexity index is 396. The van der Waals surface area contributed by atoms with Crippen molar-refractivity contribution < 1.29 is 0 Å². The van der Waals surface area contributed by atoms with Gasteiger partial charge in [-0.2, -0.15) is 0 Å². The van der Waals surface area contributed by atoms with Gasteiger partial charge in [-0.1, -0.05) is 32.9 Å². The number of nitrogens with one attached hydrogen (secondary N) is 1. The minimum atomic E-state index is 0.670. The van der Waals surface area contributed by atoms with E-state index in [4.69, 9.17) is 0 Å². The largest absolute Gasteiger partial charge is 0.369 e. The Morgan fingerprint density at radius 3 is 2.50 bits per heavy atom. The first-order valence-electron chi connectivity index (χ1n) is 8.12. The van der Waals surface area contributed by atoms with Crippen LogP contribution in [-0.4, -0.2) is 19.1 Å². The first-order valence-corrected chi connectivity index (χ1v) is 8.12. The summed E-state index contributed by atoms with van der Waals surface area (Å²) in [5.74, 6) is 1.59. The summed E-state index contributed by atoms with van der Waals surface area (Å²) in [5.41, 5.74) is 2.77. The fourth-order valence-electron chi connectivity index (χ4n) is 3.10. The highest BCUT2D eigenvalue weighted by Crippen LogP contribution is 2.27. The van der Waals surface area contributed by atoms with E-state index in [9.17, 15) is 0 Å². The molecule has 1 aliphatic rings. The van der Waals surface area contributed by atoms with E-state index in [1.54, 1.807) is 0 Å². The van der Waals surface area contributed by atoms with Crippen molar-refractivity contribution in [1.29, 1.82) is 0 Å². The molecule has 2 rings (SSSR count). The van der Waals surface area contributed by atoms with Gasteiger partial charge in [0, 0.05) is 24.8 Å². The van der Waals surface area contributed by atoms with Crippen molar-refractivity contribution in [3.05, 3.63) is 29.8 Å². The van der Waals surface area contributed by atoms with Crippen LogP contribution in [0.1, 0.15) is 46.1 Å².